The van der Waals surface area contributed by atoms with Crippen molar-refractivity contribution in [3.8, 4) is 0 Å². The van der Waals surface area contributed by atoms with E-state index in [9.17, 15) is 5.11 Å². The van der Waals surface area contributed by atoms with E-state index >= 15 is 0 Å². The van der Waals surface area contributed by atoms with Crippen LogP contribution < -0.4 is 0 Å². The molecule has 0 atom stereocenters. The molecule has 2 fully saturated rings. The predicted octanol–water partition coefficient (Wildman–Crippen LogP) is 1.46. The van der Waals surface area contributed by atoms with Crippen LogP contribution in [0.4, 0.5) is 0 Å². The Labute approximate surface area is 130 Å². The van der Waals surface area contributed by atoms with Crippen LogP contribution in [0.2, 0.25) is 0 Å². The molecule has 118 valence electrons. The number of β-amino-alcohol motifs (C(OH)–C–C–N with tert-alkyl or cyclic N) is 1. The first-order valence-corrected chi connectivity index (χ1v) is 8.23. The molecule has 6 heteroatoms. The van der Waals surface area contributed by atoms with Gasteiger partial charge in [0.1, 0.15) is 5.52 Å². The van der Waals surface area contributed by atoms with Crippen molar-refractivity contribution >= 4 is 11.2 Å². The van der Waals surface area contributed by atoms with Crippen molar-refractivity contribution in [1.82, 2.24) is 24.6 Å². The third kappa shape index (κ3) is 2.40. The molecule has 1 saturated heterocycles. The highest BCUT2D eigenvalue weighted by Gasteiger charge is 2.38. The van der Waals surface area contributed by atoms with Crippen LogP contribution >= 0.6 is 0 Å². The Morgan fingerprint density at radius 3 is 2.68 bits per heavy atom. The van der Waals surface area contributed by atoms with Crippen molar-refractivity contribution in [2.24, 2.45) is 7.05 Å². The van der Waals surface area contributed by atoms with Gasteiger partial charge in [-0.15, -0.1) is 0 Å². The lowest BCUT2D eigenvalue weighted by Crippen LogP contribution is -2.53. The van der Waals surface area contributed by atoms with Crippen molar-refractivity contribution in [3.05, 3.63) is 18.1 Å². The summed E-state index contributed by atoms with van der Waals surface area (Å²) in [6.45, 7) is 2.73. The van der Waals surface area contributed by atoms with Gasteiger partial charge < -0.3 is 5.11 Å². The van der Waals surface area contributed by atoms with Crippen molar-refractivity contribution in [1.29, 1.82) is 0 Å². The van der Waals surface area contributed by atoms with Gasteiger partial charge in [-0.05, 0) is 12.8 Å². The Balaban J connectivity index is 1.44. The second kappa shape index (κ2) is 5.28. The predicted molar refractivity (Wildman–Crippen MR) is 83.5 cm³/mol. The SMILES string of the molecule is Cn1nc(C2CN(CC3(O)CCCCC3)C2)c2nccnc21. The van der Waals surface area contributed by atoms with Gasteiger partial charge in [-0.2, -0.15) is 5.10 Å². The summed E-state index contributed by atoms with van der Waals surface area (Å²) in [5.74, 6) is 0.410. The van der Waals surface area contributed by atoms with E-state index in [1.54, 1.807) is 12.4 Å². The van der Waals surface area contributed by atoms with Crippen LogP contribution in [0.15, 0.2) is 12.4 Å². The monoisotopic (exact) mass is 301 g/mol. The number of hydrogen-bond donors (Lipinski definition) is 1. The summed E-state index contributed by atoms with van der Waals surface area (Å²) in [7, 11) is 1.92. The molecule has 4 rings (SSSR count). The van der Waals surface area contributed by atoms with Crippen molar-refractivity contribution < 1.29 is 5.11 Å². The third-order valence-electron chi connectivity index (χ3n) is 5.13. The molecule has 1 saturated carbocycles. The first kappa shape index (κ1) is 14.1. The lowest BCUT2D eigenvalue weighted by atomic mass is 9.83. The second-order valence-corrected chi connectivity index (χ2v) is 6.91. The Morgan fingerprint density at radius 2 is 1.91 bits per heavy atom. The quantitative estimate of drug-likeness (QED) is 0.929. The number of fused-ring (bicyclic) bond motifs is 1. The van der Waals surface area contributed by atoms with Crippen molar-refractivity contribution in [2.45, 2.75) is 43.6 Å². The fraction of sp³-hybridized carbons (Fsp3) is 0.688. The van der Waals surface area contributed by atoms with Gasteiger partial charge in [0.25, 0.3) is 0 Å². The van der Waals surface area contributed by atoms with E-state index in [0.29, 0.717) is 5.92 Å². The van der Waals surface area contributed by atoms with Gasteiger partial charge in [-0.3, -0.25) is 4.90 Å². The fourth-order valence-electron chi connectivity index (χ4n) is 3.94. The van der Waals surface area contributed by atoms with Crippen LogP contribution in [0.3, 0.4) is 0 Å². The molecule has 0 unspecified atom stereocenters. The molecule has 0 bridgehead atoms. The molecule has 0 amide bonds. The first-order chi connectivity index (χ1) is 10.6. The molecule has 1 aliphatic heterocycles. The highest BCUT2D eigenvalue weighted by molar-refractivity contribution is 5.73. The smallest absolute Gasteiger partial charge is 0.176 e. The lowest BCUT2D eigenvalue weighted by Gasteiger charge is -2.44. The Bertz CT molecular complexity index is 670. The summed E-state index contributed by atoms with van der Waals surface area (Å²) in [6.07, 6.45) is 8.93. The molecule has 1 aliphatic carbocycles. The molecule has 22 heavy (non-hydrogen) atoms. The Kier molecular flexibility index (Phi) is 3.38. The summed E-state index contributed by atoms with van der Waals surface area (Å²) < 4.78 is 1.81. The van der Waals surface area contributed by atoms with E-state index in [4.69, 9.17) is 0 Å². The molecule has 2 aromatic rings. The second-order valence-electron chi connectivity index (χ2n) is 6.91. The van der Waals surface area contributed by atoms with Gasteiger partial charge in [0.2, 0.25) is 0 Å². The largest absolute Gasteiger partial charge is 0.389 e. The molecule has 0 spiro atoms. The van der Waals surface area contributed by atoms with Gasteiger partial charge in [0.05, 0.1) is 11.3 Å². The van der Waals surface area contributed by atoms with Crippen LogP contribution in [-0.2, 0) is 7.05 Å². The average Bonchev–Trinajstić information content (AvgIpc) is 2.81. The number of aliphatic hydroxyl groups is 1. The molecule has 3 heterocycles. The summed E-state index contributed by atoms with van der Waals surface area (Å²) in [5, 5.41) is 15.3. The molecule has 0 radical (unpaired) electrons. The van der Waals surface area contributed by atoms with E-state index in [-0.39, 0.29) is 0 Å². The standard InChI is InChI=1S/C16H23N5O/c1-20-15-14(17-7-8-18-15)13(19-20)12-9-21(10-12)11-16(22)5-3-2-4-6-16/h7-8,12,22H,2-6,9-11H2,1H3. The number of hydrogen-bond acceptors (Lipinski definition) is 5. The van der Waals surface area contributed by atoms with E-state index in [2.05, 4.69) is 20.0 Å². The van der Waals surface area contributed by atoms with Gasteiger partial charge in [-0.25, -0.2) is 14.6 Å². The van der Waals surface area contributed by atoms with Gasteiger partial charge >= 0.3 is 0 Å². The zero-order chi connectivity index (χ0) is 15.2. The number of nitrogens with zero attached hydrogens (tertiary/aromatic N) is 5. The Morgan fingerprint density at radius 1 is 1.18 bits per heavy atom. The molecular weight excluding hydrogens is 278 g/mol. The number of aryl methyl sites for hydroxylation is 1. The maximum atomic E-state index is 10.7. The van der Waals surface area contributed by atoms with Gasteiger partial charge in [-0.1, -0.05) is 19.3 Å². The number of rotatable bonds is 3. The zero-order valence-corrected chi connectivity index (χ0v) is 13.1. The van der Waals surface area contributed by atoms with Gasteiger partial charge in [0.15, 0.2) is 5.65 Å². The molecule has 1 N–H and O–H groups in total. The highest BCUT2D eigenvalue weighted by Crippen LogP contribution is 2.34. The summed E-state index contributed by atoms with van der Waals surface area (Å²) in [4.78, 5) is 11.1. The van der Waals surface area contributed by atoms with Crippen molar-refractivity contribution in [3.63, 3.8) is 0 Å². The van der Waals surface area contributed by atoms with Gasteiger partial charge in [0, 0.05) is 45.0 Å². The minimum Gasteiger partial charge on any atom is -0.389 e. The fourth-order valence-corrected chi connectivity index (χ4v) is 3.94. The summed E-state index contributed by atoms with van der Waals surface area (Å²) >= 11 is 0. The Hall–Kier alpha value is -1.53. The number of aromatic nitrogens is 4. The van der Waals surface area contributed by atoms with Crippen molar-refractivity contribution in [2.75, 3.05) is 19.6 Å². The zero-order valence-electron chi connectivity index (χ0n) is 13.1. The molecule has 0 aromatic carbocycles. The van der Waals surface area contributed by atoms with Crippen LogP contribution in [0, 0.1) is 0 Å². The minimum atomic E-state index is -0.463. The lowest BCUT2D eigenvalue weighted by molar-refractivity contribution is -0.0444. The topological polar surface area (TPSA) is 67.1 Å². The van der Waals surface area contributed by atoms with Crippen LogP contribution in [0.5, 0.6) is 0 Å². The molecule has 2 aliphatic rings. The normalized spacial score (nSPS) is 22.8. The summed E-state index contributed by atoms with van der Waals surface area (Å²) in [6, 6.07) is 0. The molecule has 6 nitrogen and oxygen atoms in total. The molecular formula is C16H23N5O. The van der Waals surface area contributed by atoms with E-state index in [1.165, 1.54) is 6.42 Å². The highest BCUT2D eigenvalue weighted by atomic mass is 16.3. The molecule has 2 aromatic heterocycles. The summed E-state index contributed by atoms with van der Waals surface area (Å²) in [5.41, 5.74) is 2.36. The first-order valence-electron chi connectivity index (χ1n) is 8.23. The minimum absolute atomic E-state index is 0.410. The maximum Gasteiger partial charge on any atom is 0.176 e. The third-order valence-corrected chi connectivity index (χ3v) is 5.13. The van der Waals surface area contributed by atoms with Crippen LogP contribution in [0.1, 0.15) is 43.7 Å². The van der Waals surface area contributed by atoms with E-state index in [0.717, 1.165) is 62.2 Å². The number of likely N-dealkylation sites (tertiary alicyclic amines) is 1. The van der Waals surface area contributed by atoms with E-state index in [1.807, 2.05) is 11.7 Å². The maximum absolute atomic E-state index is 10.7. The van der Waals surface area contributed by atoms with Crippen LogP contribution in [-0.4, -0.2) is 55.0 Å². The average molecular weight is 301 g/mol. The van der Waals surface area contributed by atoms with Crippen LogP contribution in [0.25, 0.3) is 11.2 Å². The van der Waals surface area contributed by atoms with E-state index < -0.39 is 5.60 Å².